The highest BCUT2D eigenvalue weighted by atomic mass is 31.2. The number of phosphoric ester groups is 1. The van der Waals surface area contributed by atoms with Gasteiger partial charge in [0.2, 0.25) is 0 Å². The molecule has 12 heteroatoms. The number of unbranched alkanes of at least 4 members (excludes halogenated alkanes) is 27. The molecule has 0 aliphatic heterocycles. The van der Waals surface area contributed by atoms with Crippen LogP contribution in [0.15, 0.2) is 36.5 Å². The molecule has 0 aromatic heterocycles. The van der Waals surface area contributed by atoms with E-state index < -0.39 is 51.1 Å². The molecule has 0 aromatic rings. The van der Waals surface area contributed by atoms with Crippen molar-refractivity contribution in [3.8, 4) is 0 Å². The minimum atomic E-state index is -4.72. The average molecular weight is 898 g/mol. The summed E-state index contributed by atoms with van der Waals surface area (Å²) in [7, 11) is -4.72. The summed E-state index contributed by atoms with van der Waals surface area (Å²) in [6, 6.07) is -1.52. The molecule has 0 amide bonds. The molecule has 0 bridgehead atoms. The van der Waals surface area contributed by atoms with Gasteiger partial charge in [-0.15, -0.1) is 0 Å². The minimum absolute atomic E-state index is 0.160. The van der Waals surface area contributed by atoms with Crippen LogP contribution in [0.25, 0.3) is 0 Å². The van der Waals surface area contributed by atoms with E-state index in [4.69, 9.17) is 24.8 Å². The molecular formula is C50H92NO10P. The molecule has 0 aromatic carbocycles. The Labute approximate surface area is 378 Å². The van der Waals surface area contributed by atoms with E-state index in [1.54, 1.807) is 0 Å². The monoisotopic (exact) mass is 898 g/mol. The molecule has 0 aliphatic rings. The third kappa shape index (κ3) is 44.3. The number of nitrogens with two attached hydrogens (primary N) is 1. The van der Waals surface area contributed by atoms with Gasteiger partial charge in [0.1, 0.15) is 12.6 Å². The van der Waals surface area contributed by atoms with Gasteiger partial charge < -0.3 is 25.2 Å². The first kappa shape index (κ1) is 59.7. The maximum absolute atomic E-state index is 12.7. The van der Waals surface area contributed by atoms with Crippen LogP contribution in [0.5, 0.6) is 0 Å². The summed E-state index contributed by atoms with van der Waals surface area (Å²) < 4.78 is 32.8. The van der Waals surface area contributed by atoms with E-state index in [0.717, 1.165) is 51.4 Å². The van der Waals surface area contributed by atoms with E-state index in [2.05, 4.69) is 54.8 Å². The van der Waals surface area contributed by atoms with Crippen LogP contribution in [0.3, 0.4) is 0 Å². The summed E-state index contributed by atoms with van der Waals surface area (Å²) in [5.74, 6) is -2.38. The lowest BCUT2D eigenvalue weighted by atomic mass is 10.0. The summed E-state index contributed by atoms with van der Waals surface area (Å²) in [5, 5.41) is 8.92. The van der Waals surface area contributed by atoms with E-state index in [0.29, 0.717) is 12.8 Å². The van der Waals surface area contributed by atoms with Crippen LogP contribution < -0.4 is 5.73 Å². The highest BCUT2D eigenvalue weighted by Gasteiger charge is 2.28. The Kier molecular flexibility index (Phi) is 43.6. The van der Waals surface area contributed by atoms with Crippen molar-refractivity contribution in [2.75, 3.05) is 19.8 Å². The van der Waals surface area contributed by atoms with Crippen LogP contribution in [-0.4, -0.2) is 59.9 Å². The Morgan fingerprint density at radius 3 is 1.31 bits per heavy atom. The zero-order valence-corrected chi connectivity index (χ0v) is 40.4. The Hall–Kier alpha value is -2.30. The topological polar surface area (TPSA) is 172 Å². The summed E-state index contributed by atoms with van der Waals surface area (Å²) in [5.41, 5.74) is 5.35. The molecule has 1 unspecified atom stereocenters. The predicted octanol–water partition coefficient (Wildman–Crippen LogP) is 14.0. The maximum atomic E-state index is 12.7. The number of hydrogen-bond donors (Lipinski definition) is 3. The van der Waals surface area contributed by atoms with Crippen molar-refractivity contribution in [1.82, 2.24) is 0 Å². The number of carboxylic acids is 1. The lowest BCUT2D eigenvalue weighted by Gasteiger charge is -2.20. The lowest BCUT2D eigenvalue weighted by Crippen LogP contribution is -2.34. The fourth-order valence-electron chi connectivity index (χ4n) is 6.91. The number of esters is 2. The third-order valence-electron chi connectivity index (χ3n) is 10.9. The molecule has 0 radical (unpaired) electrons. The molecule has 11 nitrogen and oxygen atoms in total. The van der Waals surface area contributed by atoms with Crippen molar-refractivity contribution in [3.63, 3.8) is 0 Å². The molecule has 3 atom stereocenters. The highest BCUT2D eigenvalue weighted by Crippen LogP contribution is 2.43. The summed E-state index contributed by atoms with van der Waals surface area (Å²) in [6.07, 6.45) is 50.6. The number of rotatable bonds is 47. The van der Waals surface area contributed by atoms with Gasteiger partial charge in [0, 0.05) is 12.8 Å². The van der Waals surface area contributed by atoms with E-state index in [1.165, 1.54) is 141 Å². The first-order valence-corrected chi connectivity index (χ1v) is 26.5. The molecule has 0 rings (SSSR count). The Morgan fingerprint density at radius 1 is 0.500 bits per heavy atom. The van der Waals surface area contributed by atoms with Gasteiger partial charge in [0.25, 0.3) is 0 Å². The number of carbonyl (C=O) groups excluding carboxylic acids is 2. The van der Waals surface area contributed by atoms with Gasteiger partial charge in [-0.1, -0.05) is 185 Å². The number of hydrogen-bond acceptors (Lipinski definition) is 9. The second-order valence-corrected chi connectivity index (χ2v) is 18.4. The van der Waals surface area contributed by atoms with Crippen molar-refractivity contribution < 1.29 is 47.5 Å². The number of carboxylic acid groups (broad SMARTS) is 1. The van der Waals surface area contributed by atoms with Crippen molar-refractivity contribution >= 4 is 25.7 Å². The molecule has 0 spiro atoms. The summed E-state index contributed by atoms with van der Waals surface area (Å²) in [4.78, 5) is 46.1. The molecule has 0 saturated carbocycles. The molecule has 362 valence electrons. The summed E-state index contributed by atoms with van der Waals surface area (Å²) in [6.45, 7) is 2.80. The molecule has 0 heterocycles. The molecule has 62 heavy (non-hydrogen) atoms. The first-order valence-electron chi connectivity index (χ1n) is 25.0. The quantitative estimate of drug-likeness (QED) is 0.0230. The lowest BCUT2D eigenvalue weighted by molar-refractivity contribution is -0.161. The van der Waals surface area contributed by atoms with Crippen molar-refractivity contribution in [3.05, 3.63) is 36.5 Å². The summed E-state index contributed by atoms with van der Waals surface area (Å²) >= 11 is 0. The molecule has 0 aliphatic carbocycles. The van der Waals surface area contributed by atoms with Crippen molar-refractivity contribution in [2.45, 2.75) is 244 Å². The van der Waals surface area contributed by atoms with E-state index in [9.17, 15) is 23.8 Å². The first-order chi connectivity index (χ1) is 30.1. The van der Waals surface area contributed by atoms with Crippen LogP contribution in [0.2, 0.25) is 0 Å². The van der Waals surface area contributed by atoms with Gasteiger partial charge in [0.05, 0.1) is 13.2 Å². The molecular weight excluding hydrogens is 806 g/mol. The van der Waals surface area contributed by atoms with Crippen LogP contribution in [0, 0.1) is 0 Å². The third-order valence-corrected chi connectivity index (χ3v) is 11.8. The Bertz CT molecular complexity index is 1190. The van der Waals surface area contributed by atoms with Gasteiger partial charge in [-0.05, 0) is 70.6 Å². The molecule has 0 fully saturated rings. The molecule has 0 saturated heterocycles. The Morgan fingerprint density at radius 2 is 0.855 bits per heavy atom. The highest BCUT2D eigenvalue weighted by molar-refractivity contribution is 7.47. The van der Waals surface area contributed by atoms with Gasteiger partial charge in [-0.3, -0.25) is 23.4 Å². The Balaban J connectivity index is 4.26. The number of ether oxygens (including phenoxy) is 2. The van der Waals surface area contributed by atoms with Crippen molar-refractivity contribution in [2.24, 2.45) is 5.73 Å². The zero-order valence-electron chi connectivity index (χ0n) is 39.5. The maximum Gasteiger partial charge on any atom is 0.472 e. The van der Waals surface area contributed by atoms with Gasteiger partial charge in [-0.25, -0.2) is 4.57 Å². The second kappa shape index (κ2) is 45.3. The van der Waals surface area contributed by atoms with E-state index in [1.807, 2.05) is 0 Å². The van der Waals surface area contributed by atoms with Gasteiger partial charge in [-0.2, -0.15) is 0 Å². The van der Waals surface area contributed by atoms with E-state index in [-0.39, 0.29) is 19.4 Å². The number of allylic oxidation sites excluding steroid dienone is 6. The van der Waals surface area contributed by atoms with Crippen LogP contribution in [0.1, 0.15) is 232 Å². The van der Waals surface area contributed by atoms with Gasteiger partial charge >= 0.3 is 25.7 Å². The SMILES string of the molecule is CCCCC/C=C\C/C=C\CCCCCCCCCC(=O)OC[C@H](COP(=O)(O)OC[C@H](N)C(=O)O)OC(=O)CCCCCCCCCCCCC/C=C\CCCCCCCC. The van der Waals surface area contributed by atoms with Crippen molar-refractivity contribution in [1.29, 1.82) is 0 Å². The fourth-order valence-corrected chi connectivity index (χ4v) is 7.69. The van der Waals surface area contributed by atoms with Gasteiger partial charge in [0.15, 0.2) is 6.10 Å². The zero-order chi connectivity index (χ0) is 45.6. The normalized spacial score (nSPS) is 13.9. The smallest absolute Gasteiger partial charge is 0.472 e. The van der Waals surface area contributed by atoms with Crippen LogP contribution in [0.4, 0.5) is 0 Å². The fraction of sp³-hybridized carbons (Fsp3) is 0.820. The largest absolute Gasteiger partial charge is 0.480 e. The van der Waals surface area contributed by atoms with Crippen LogP contribution >= 0.6 is 7.82 Å². The standard InChI is InChI=1S/C50H92NO10P/c1-3-5-7-9-11-13-15-17-19-21-22-23-24-26-28-30-32-34-36-38-40-42-49(53)61-46(44-59-62(56,57)60-45-47(51)50(54)55)43-58-48(52)41-39-37-35-33-31-29-27-25-20-18-16-14-12-10-8-6-4-2/h12,14,17-20,46-47H,3-11,13,15-16,21-45,51H2,1-2H3,(H,54,55)(H,56,57)/b14-12-,19-17-,20-18-/t46-,47+/m1/s1. The van der Waals surface area contributed by atoms with Crippen LogP contribution in [-0.2, 0) is 37.5 Å². The predicted molar refractivity (Wildman–Crippen MR) is 254 cm³/mol. The molecule has 4 N–H and O–H groups in total. The minimum Gasteiger partial charge on any atom is -0.480 e. The average Bonchev–Trinajstić information content (AvgIpc) is 3.25. The number of aliphatic carboxylic acids is 1. The number of phosphoric acid groups is 1. The van der Waals surface area contributed by atoms with E-state index >= 15 is 0 Å². The second-order valence-electron chi connectivity index (χ2n) is 16.9. The number of carbonyl (C=O) groups is 3.